The van der Waals surface area contributed by atoms with Crippen LogP contribution >= 0.6 is 0 Å². The summed E-state index contributed by atoms with van der Waals surface area (Å²) in [6.07, 6.45) is 1.99. The van der Waals surface area contributed by atoms with Crippen molar-refractivity contribution in [3.8, 4) is 0 Å². The molecule has 0 atom stereocenters. The predicted octanol–water partition coefficient (Wildman–Crippen LogP) is 4.41. The minimum absolute atomic E-state index is 0.126. The van der Waals surface area contributed by atoms with Gasteiger partial charge in [0.15, 0.2) is 0 Å². The van der Waals surface area contributed by atoms with Crippen LogP contribution in [0.4, 0.5) is 5.69 Å². The Bertz CT molecular complexity index is 890. The minimum atomic E-state index is -0.126. The average molecular weight is 371 g/mol. The molecule has 0 aliphatic heterocycles. The van der Waals surface area contributed by atoms with Gasteiger partial charge in [0.1, 0.15) is 0 Å². The lowest BCUT2D eigenvalue weighted by Crippen LogP contribution is -2.21. The molecule has 0 heterocycles. The van der Waals surface area contributed by atoms with Gasteiger partial charge in [-0.05, 0) is 35.7 Å². The standard InChI is InChI=1S/C24H25N3O/c1-2-27(19-22-11-7-4-8-12-22)23-15-13-21(14-16-23)18-25-26-24(28)17-20-9-5-3-6-10-20/h3-16,18H,2,17,19H2,1H3,(H,26,28)/b25-18-. The molecule has 142 valence electrons. The number of hydrogen-bond donors (Lipinski definition) is 1. The van der Waals surface area contributed by atoms with Crippen molar-refractivity contribution in [1.29, 1.82) is 0 Å². The predicted molar refractivity (Wildman–Crippen MR) is 115 cm³/mol. The third-order valence-corrected chi connectivity index (χ3v) is 4.47. The van der Waals surface area contributed by atoms with Crippen LogP contribution in [0.2, 0.25) is 0 Å². The molecule has 0 aliphatic carbocycles. The lowest BCUT2D eigenvalue weighted by molar-refractivity contribution is -0.120. The van der Waals surface area contributed by atoms with Crippen molar-refractivity contribution in [2.24, 2.45) is 5.10 Å². The third kappa shape index (κ3) is 5.81. The first-order valence-electron chi connectivity index (χ1n) is 9.49. The summed E-state index contributed by atoms with van der Waals surface area (Å²) >= 11 is 0. The Hall–Kier alpha value is -3.40. The molecule has 0 radical (unpaired) electrons. The maximum Gasteiger partial charge on any atom is 0.244 e. The van der Waals surface area contributed by atoms with Gasteiger partial charge in [-0.15, -0.1) is 0 Å². The van der Waals surface area contributed by atoms with E-state index in [-0.39, 0.29) is 5.91 Å². The molecule has 0 bridgehead atoms. The molecule has 4 nitrogen and oxygen atoms in total. The largest absolute Gasteiger partial charge is 0.367 e. The zero-order valence-corrected chi connectivity index (χ0v) is 16.1. The molecule has 0 aromatic heterocycles. The Labute approximate surface area is 166 Å². The van der Waals surface area contributed by atoms with Crippen molar-refractivity contribution in [3.63, 3.8) is 0 Å². The monoisotopic (exact) mass is 371 g/mol. The van der Waals surface area contributed by atoms with E-state index in [4.69, 9.17) is 0 Å². The second kappa shape index (κ2) is 10.1. The molecule has 1 N–H and O–H groups in total. The Morgan fingerprint density at radius 2 is 1.50 bits per heavy atom. The topological polar surface area (TPSA) is 44.7 Å². The molecule has 3 aromatic rings. The normalized spacial score (nSPS) is 10.8. The van der Waals surface area contributed by atoms with E-state index in [0.717, 1.165) is 29.9 Å². The molecule has 0 aliphatic rings. The second-order valence-electron chi connectivity index (χ2n) is 6.55. The van der Waals surface area contributed by atoms with Crippen molar-refractivity contribution in [2.75, 3.05) is 11.4 Å². The highest BCUT2D eigenvalue weighted by Gasteiger charge is 2.05. The van der Waals surface area contributed by atoms with Crippen LogP contribution in [-0.2, 0) is 17.8 Å². The Kier molecular flexibility index (Phi) is 6.96. The van der Waals surface area contributed by atoms with Crippen LogP contribution in [0.3, 0.4) is 0 Å². The highest BCUT2D eigenvalue weighted by molar-refractivity contribution is 5.83. The Balaban J connectivity index is 1.54. The molecule has 0 saturated carbocycles. The highest BCUT2D eigenvalue weighted by atomic mass is 16.2. The second-order valence-corrected chi connectivity index (χ2v) is 6.55. The lowest BCUT2D eigenvalue weighted by atomic mass is 10.1. The number of amides is 1. The number of anilines is 1. The number of rotatable bonds is 8. The zero-order valence-electron chi connectivity index (χ0n) is 16.1. The van der Waals surface area contributed by atoms with E-state index in [9.17, 15) is 4.79 Å². The molecule has 3 aromatic carbocycles. The number of carbonyl (C=O) groups excluding carboxylic acids is 1. The summed E-state index contributed by atoms with van der Waals surface area (Å²) in [7, 11) is 0. The van der Waals surface area contributed by atoms with Gasteiger partial charge in [0, 0.05) is 18.8 Å². The number of hydrazone groups is 1. The fraction of sp³-hybridized carbons (Fsp3) is 0.167. The zero-order chi connectivity index (χ0) is 19.6. The first-order valence-corrected chi connectivity index (χ1v) is 9.49. The summed E-state index contributed by atoms with van der Waals surface area (Å²) in [4.78, 5) is 14.2. The fourth-order valence-corrected chi connectivity index (χ4v) is 2.96. The van der Waals surface area contributed by atoms with Crippen molar-refractivity contribution < 1.29 is 4.79 Å². The van der Waals surface area contributed by atoms with Crippen LogP contribution in [0, 0.1) is 0 Å². The summed E-state index contributed by atoms with van der Waals surface area (Å²) in [5, 5.41) is 4.06. The molecule has 0 saturated heterocycles. The summed E-state index contributed by atoms with van der Waals surface area (Å²) < 4.78 is 0. The van der Waals surface area contributed by atoms with Crippen LogP contribution in [0.5, 0.6) is 0 Å². The molecular formula is C24H25N3O. The van der Waals surface area contributed by atoms with Gasteiger partial charge in [-0.2, -0.15) is 5.10 Å². The Morgan fingerprint density at radius 3 is 2.11 bits per heavy atom. The van der Waals surface area contributed by atoms with E-state index in [2.05, 4.69) is 58.7 Å². The maximum absolute atomic E-state index is 11.9. The lowest BCUT2D eigenvalue weighted by Gasteiger charge is -2.23. The number of benzene rings is 3. The molecule has 0 spiro atoms. The summed E-state index contributed by atoms with van der Waals surface area (Å²) in [5.41, 5.74) is 6.95. The van der Waals surface area contributed by atoms with Crippen LogP contribution in [0.1, 0.15) is 23.6 Å². The highest BCUT2D eigenvalue weighted by Crippen LogP contribution is 2.17. The van der Waals surface area contributed by atoms with Gasteiger partial charge in [0.25, 0.3) is 0 Å². The van der Waals surface area contributed by atoms with Crippen molar-refractivity contribution in [3.05, 3.63) is 102 Å². The van der Waals surface area contributed by atoms with E-state index in [1.165, 1.54) is 5.56 Å². The molecule has 4 heteroatoms. The number of hydrogen-bond acceptors (Lipinski definition) is 3. The van der Waals surface area contributed by atoms with Crippen molar-refractivity contribution in [2.45, 2.75) is 19.9 Å². The quantitative estimate of drug-likeness (QED) is 0.471. The van der Waals surface area contributed by atoms with E-state index >= 15 is 0 Å². The molecular weight excluding hydrogens is 346 g/mol. The van der Waals surface area contributed by atoms with Crippen molar-refractivity contribution >= 4 is 17.8 Å². The minimum Gasteiger partial charge on any atom is -0.367 e. The summed E-state index contributed by atoms with van der Waals surface area (Å²) in [6.45, 7) is 3.96. The van der Waals surface area contributed by atoms with Crippen LogP contribution in [0.25, 0.3) is 0 Å². The fourth-order valence-electron chi connectivity index (χ4n) is 2.96. The van der Waals surface area contributed by atoms with Crippen LogP contribution in [-0.4, -0.2) is 18.7 Å². The SMILES string of the molecule is CCN(Cc1ccccc1)c1ccc(/C=N\NC(=O)Cc2ccccc2)cc1. The van der Waals surface area contributed by atoms with Gasteiger partial charge in [0.05, 0.1) is 12.6 Å². The molecule has 1 amide bonds. The Morgan fingerprint density at radius 1 is 0.893 bits per heavy atom. The molecule has 0 fully saturated rings. The van der Waals surface area contributed by atoms with E-state index in [1.54, 1.807) is 6.21 Å². The average Bonchev–Trinajstić information content (AvgIpc) is 2.74. The number of nitrogens with zero attached hydrogens (tertiary/aromatic N) is 2. The van der Waals surface area contributed by atoms with Gasteiger partial charge in [0.2, 0.25) is 5.91 Å². The van der Waals surface area contributed by atoms with Gasteiger partial charge in [-0.3, -0.25) is 4.79 Å². The summed E-state index contributed by atoms with van der Waals surface area (Å²) in [5.74, 6) is -0.126. The maximum atomic E-state index is 11.9. The van der Waals surface area contributed by atoms with Gasteiger partial charge in [-0.25, -0.2) is 5.43 Å². The van der Waals surface area contributed by atoms with E-state index < -0.39 is 0 Å². The smallest absolute Gasteiger partial charge is 0.244 e. The van der Waals surface area contributed by atoms with E-state index in [1.807, 2.05) is 48.5 Å². The first kappa shape index (κ1) is 19.4. The molecule has 3 rings (SSSR count). The van der Waals surface area contributed by atoms with Crippen LogP contribution < -0.4 is 10.3 Å². The van der Waals surface area contributed by atoms with Crippen molar-refractivity contribution in [1.82, 2.24) is 5.43 Å². The number of carbonyl (C=O) groups is 1. The van der Waals surface area contributed by atoms with Crippen LogP contribution in [0.15, 0.2) is 90.0 Å². The summed E-state index contributed by atoms with van der Waals surface area (Å²) in [6, 6.07) is 28.3. The first-order chi connectivity index (χ1) is 13.7. The van der Waals surface area contributed by atoms with E-state index in [0.29, 0.717) is 6.42 Å². The van der Waals surface area contributed by atoms with Gasteiger partial charge >= 0.3 is 0 Å². The molecule has 28 heavy (non-hydrogen) atoms. The van der Waals surface area contributed by atoms with Gasteiger partial charge in [-0.1, -0.05) is 72.8 Å². The molecule has 0 unspecified atom stereocenters. The number of nitrogens with one attached hydrogen (secondary N) is 1. The van der Waals surface area contributed by atoms with Gasteiger partial charge < -0.3 is 4.90 Å². The third-order valence-electron chi connectivity index (χ3n) is 4.47.